The third-order valence-electron chi connectivity index (χ3n) is 11.8. The highest BCUT2D eigenvalue weighted by molar-refractivity contribution is 5.86. The van der Waals surface area contributed by atoms with Gasteiger partial charge in [-0.3, -0.25) is 4.79 Å². The molecule has 0 aromatic rings. The van der Waals surface area contributed by atoms with Gasteiger partial charge in [0.2, 0.25) is 6.29 Å². The lowest BCUT2D eigenvalue weighted by molar-refractivity contribution is -0.282. The first kappa shape index (κ1) is 43.8. The third-order valence-corrected chi connectivity index (χ3v) is 11.8. The fourth-order valence-corrected chi connectivity index (χ4v) is 8.27. The first-order valence-corrected chi connectivity index (χ1v) is 19.4. The van der Waals surface area contributed by atoms with E-state index >= 15 is 0 Å². The number of rotatable bonds is 14. The highest BCUT2D eigenvalue weighted by atomic mass is 16.8. The minimum Gasteiger partial charge on any atom is -0.467 e. The van der Waals surface area contributed by atoms with Crippen molar-refractivity contribution in [3.05, 3.63) is 11.8 Å². The number of hydrogen-bond acceptors (Lipinski definition) is 21. The van der Waals surface area contributed by atoms with Crippen LogP contribution in [0.2, 0.25) is 0 Å². The normalized spacial score (nSPS) is 46.7. The smallest absolute Gasteiger partial charge is 0.252 e. The molecule has 0 aromatic heterocycles. The van der Waals surface area contributed by atoms with Crippen molar-refractivity contribution in [2.75, 3.05) is 39.3 Å². The number of piperidine rings is 1. The summed E-state index contributed by atoms with van der Waals surface area (Å²) < 4.78 is 36.2. The fourth-order valence-electron chi connectivity index (χ4n) is 8.27. The van der Waals surface area contributed by atoms with E-state index in [2.05, 4.69) is 16.0 Å². The topological polar surface area (TPSA) is 380 Å². The van der Waals surface area contributed by atoms with Crippen molar-refractivity contribution in [2.45, 2.75) is 154 Å². The Morgan fingerprint density at radius 2 is 1.52 bits per heavy atom. The summed E-state index contributed by atoms with van der Waals surface area (Å²) in [6.07, 6.45) is -13.1. The van der Waals surface area contributed by atoms with Gasteiger partial charge in [0.05, 0.1) is 36.9 Å². The van der Waals surface area contributed by atoms with Crippen molar-refractivity contribution in [3.63, 3.8) is 0 Å². The van der Waals surface area contributed by atoms with Crippen LogP contribution in [0, 0.1) is 0 Å². The summed E-state index contributed by atoms with van der Waals surface area (Å²) >= 11 is 0. The van der Waals surface area contributed by atoms with Crippen LogP contribution in [0.25, 0.3) is 0 Å². The average molecular weight is 807 g/mol. The number of aliphatic hydroxyl groups is 7. The summed E-state index contributed by atoms with van der Waals surface area (Å²) in [6.45, 7) is 1.17. The molecule has 2 aliphatic carbocycles. The Bertz CT molecular complexity index is 1340. The zero-order valence-electron chi connectivity index (χ0n) is 31.3. The van der Waals surface area contributed by atoms with Crippen LogP contribution in [0.15, 0.2) is 11.8 Å². The fraction of sp³-hybridized carbons (Fsp3) is 0.912. The van der Waals surface area contributed by atoms with E-state index < -0.39 is 122 Å². The first-order chi connectivity index (χ1) is 26.6. The molecule has 6 aliphatic rings. The molecule has 16 atom stereocenters. The van der Waals surface area contributed by atoms with Gasteiger partial charge in [0.25, 0.3) is 5.91 Å². The van der Waals surface area contributed by atoms with Crippen molar-refractivity contribution < 1.29 is 69.0 Å². The molecule has 56 heavy (non-hydrogen) atoms. The maximum absolute atomic E-state index is 13.1. The Hall–Kier alpha value is -1.75. The molecule has 3 saturated heterocycles. The summed E-state index contributed by atoms with van der Waals surface area (Å²) in [5.74, 6) is -0.243. The Morgan fingerprint density at radius 1 is 0.857 bits per heavy atom. The van der Waals surface area contributed by atoms with Gasteiger partial charge < -0.3 is 109 Å². The van der Waals surface area contributed by atoms with Gasteiger partial charge in [-0.2, -0.15) is 0 Å². The molecule has 1 amide bonds. The van der Waals surface area contributed by atoms with Gasteiger partial charge in [-0.15, -0.1) is 0 Å². The molecule has 0 unspecified atom stereocenters. The second kappa shape index (κ2) is 18.3. The Labute approximate surface area is 324 Å². The van der Waals surface area contributed by atoms with Gasteiger partial charge in [0.15, 0.2) is 12.6 Å². The Morgan fingerprint density at radius 3 is 2.18 bits per heavy atom. The van der Waals surface area contributed by atoms with E-state index in [9.17, 15) is 40.5 Å². The monoisotopic (exact) mass is 806 g/mol. The van der Waals surface area contributed by atoms with Crippen LogP contribution in [0.4, 0.5) is 0 Å². The lowest BCUT2D eigenvalue weighted by Crippen LogP contribution is -2.69. The van der Waals surface area contributed by atoms with Crippen LogP contribution in [0.3, 0.4) is 0 Å². The summed E-state index contributed by atoms with van der Waals surface area (Å²) in [5.41, 5.74) is 28.1. The van der Waals surface area contributed by atoms with Crippen LogP contribution in [0.5, 0.6) is 0 Å². The molecule has 0 spiro atoms. The molecule has 2 saturated carbocycles. The molecule has 5 fully saturated rings. The van der Waals surface area contributed by atoms with E-state index in [1.807, 2.05) is 6.08 Å². The van der Waals surface area contributed by atoms with E-state index in [0.717, 1.165) is 0 Å². The highest BCUT2D eigenvalue weighted by Gasteiger charge is 2.55. The molecule has 0 radical (unpaired) electrons. The minimum absolute atomic E-state index is 0.0277. The maximum Gasteiger partial charge on any atom is 0.252 e. The number of aliphatic hydroxyl groups excluding tert-OH is 5. The zero-order valence-corrected chi connectivity index (χ0v) is 31.3. The van der Waals surface area contributed by atoms with Crippen molar-refractivity contribution >= 4 is 5.91 Å². The number of carbonyl (C=O) groups is 1. The SMILES string of the molecule is NC[C@@H]1O[C@H](O[C@H]2[C@@H](O)[C@H](O[C@@H]3[C@@H](O)[C@H](NC(=O)C4(O)CC(N)C4)C[C@H](N)[C@H]3O[C@H]3OC(CNCC4(O)CCNCC4)=CC[C@H]3N)O[C@@H]2CO)[C@H](N)[C@@H](O)[C@@H]1O. The predicted octanol–water partition coefficient (Wildman–Crippen LogP) is -7.96. The summed E-state index contributed by atoms with van der Waals surface area (Å²) in [5, 5.41) is 85.0. The van der Waals surface area contributed by atoms with Crippen LogP contribution in [-0.2, 0) is 33.2 Å². The predicted molar refractivity (Wildman–Crippen MR) is 192 cm³/mol. The molecule has 0 bridgehead atoms. The number of ether oxygens (including phenoxy) is 6. The molecular weight excluding hydrogens is 744 g/mol. The summed E-state index contributed by atoms with van der Waals surface area (Å²) in [6, 6.07) is -4.33. The number of hydrogen-bond donors (Lipinski definition) is 15. The summed E-state index contributed by atoms with van der Waals surface area (Å²) in [4.78, 5) is 13.1. The van der Waals surface area contributed by atoms with Crippen LogP contribution in [0.1, 0.15) is 38.5 Å². The van der Waals surface area contributed by atoms with Gasteiger partial charge in [-0.1, -0.05) is 0 Å². The molecule has 6 rings (SSSR count). The molecule has 322 valence electrons. The Balaban J connectivity index is 1.17. The molecular formula is C34H62N8O14. The van der Waals surface area contributed by atoms with Crippen molar-refractivity contribution in [1.82, 2.24) is 16.0 Å². The molecule has 20 N–H and O–H groups in total. The maximum atomic E-state index is 13.1. The van der Waals surface area contributed by atoms with Gasteiger partial charge in [0, 0.05) is 38.0 Å². The number of carbonyl (C=O) groups excluding carboxylic acids is 1. The number of nitrogens with two attached hydrogens (primary N) is 5. The van der Waals surface area contributed by atoms with Gasteiger partial charge >= 0.3 is 0 Å². The molecule has 22 heteroatoms. The quantitative estimate of drug-likeness (QED) is 0.0775. The van der Waals surface area contributed by atoms with Crippen molar-refractivity contribution in [1.29, 1.82) is 0 Å². The van der Waals surface area contributed by atoms with E-state index in [1.54, 1.807) is 0 Å². The molecule has 4 heterocycles. The second-order valence-electron chi connectivity index (χ2n) is 16.2. The van der Waals surface area contributed by atoms with Crippen LogP contribution >= 0.6 is 0 Å². The Kier molecular flexibility index (Phi) is 14.3. The highest BCUT2D eigenvalue weighted by Crippen LogP contribution is 2.36. The van der Waals surface area contributed by atoms with Gasteiger partial charge in [0.1, 0.15) is 66.3 Å². The lowest BCUT2D eigenvalue weighted by Gasteiger charge is -2.47. The van der Waals surface area contributed by atoms with Gasteiger partial charge in [-0.25, -0.2) is 0 Å². The summed E-state index contributed by atoms with van der Waals surface area (Å²) in [7, 11) is 0. The van der Waals surface area contributed by atoms with E-state index in [-0.39, 0.29) is 38.4 Å². The van der Waals surface area contributed by atoms with Crippen molar-refractivity contribution in [3.8, 4) is 0 Å². The van der Waals surface area contributed by atoms with Crippen molar-refractivity contribution in [2.24, 2.45) is 28.7 Å². The first-order valence-electron chi connectivity index (χ1n) is 19.4. The lowest BCUT2D eigenvalue weighted by atomic mass is 9.75. The minimum atomic E-state index is -1.73. The third kappa shape index (κ3) is 9.49. The standard InChI is InChI=1S/C34H62N8O14/c35-10-19-23(45)24(46)21(39)30(52-19)55-27-20(12-43)53-31(25(27)47)56-28-22(44)18(42-32(48)34(50)8-14(36)9-34)7-17(38)26(28)54-29-16(37)2-1-15(51-29)11-41-13-33(49)3-5-40-6-4-33/h1,14,16-31,40-41,43-47,49-50H,2-13,35-39H2,(H,42,48)/t14?,16-,17+,18-,19+,20-,21-,22+,23-,24-,25-,26-,27-,28-,29-,30-,31+,34?/m1/s1. The molecule has 4 aliphatic heterocycles. The number of amides is 1. The van der Waals surface area contributed by atoms with E-state index in [0.29, 0.717) is 44.7 Å². The largest absolute Gasteiger partial charge is 0.467 e. The zero-order chi connectivity index (χ0) is 40.5. The van der Waals surface area contributed by atoms with E-state index in [4.69, 9.17) is 57.1 Å². The molecule has 22 nitrogen and oxygen atoms in total. The number of nitrogens with one attached hydrogen (secondary N) is 3. The van der Waals surface area contributed by atoms with Crippen LogP contribution in [-0.4, -0.2) is 196 Å². The molecule has 0 aromatic carbocycles. The van der Waals surface area contributed by atoms with Gasteiger partial charge in [-0.05, 0) is 44.8 Å². The second-order valence-corrected chi connectivity index (χ2v) is 16.2. The average Bonchev–Trinajstić information content (AvgIpc) is 3.45. The van der Waals surface area contributed by atoms with E-state index in [1.165, 1.54) is 0 Å². The van der Waals surface area contributed by atoms with Crippen LogP contribution < -0.4 is 44.6 Å².